The number of H-pyrrole nitrogens is 2. The van der Waals surface area contributed by atoms with E-state index >= 15 is 0 Å². The average Bonchev–Trinajstić information content (AvgIpc) is 3.61. The van der Waals surface area contributed by atoms with Gasteiger partial charge in [-0.15, -0.1) is 0 Å². The number of nitrogens with one attached hydrogen (secondary N) is 2. The number of aromatic nitrogens is 6. The molecule has 4 aromatic rings. The molecule has 0 fully saturated rings. The second kappa shape index (κ2) is 9.86. The fraction of sp³-hybridized carbons (Fsp3) is 0.467. The minimum absolute atomic E-state index is 0.718. The van der Waals surface area contributed by atoms with Crippen LogP contribution >= 0.6 is 0 Å². The maximum Gasteiger partial charge on any atom is 0.127 e. The van der Waals surface area contributed by atoms with Crippen LogP contribution in [0.4, 0.5) is 0 Å². The van der Waals surface area contributed by atoms with Crippen LogP contribution in [-0.2, 0) is 11.0 Å². The molecule has 2 aromatic carbocycles. The van der Waals surface area contributed by atoms with Crippen molar-refractivity contribution in [3.05, 3.63) is 69.8 Å². The van der Waals surface area contributed by atoms with Crippen LogP contribution in [0, 0.1) is 0 Å². The fourth-order valence-electron chi connectivity index (χ4n) is 7.18. The summed E-state index contributed by atoms with van der Waals surface area (Å²) >= 11 is 0. The average molecular weight is 499 g/mol. The van der Waals surface area contributed by atoms with Crippen LogP contribution in [0.1, 0.15) is 90.7 Å². The number of benzene rings is 2. The molecule has 0 bridgehead atoms. The quantitative estimate of drug-likeness (QED) is 0.236. The van der Waals surface area contributed by atoms with E-state index in [1.807, 2.05) is 24.3 Å². The molecule has 0 amide bonds. The van der Waals surface area contributed by atoms with Gasteiger partial charge in [0.2, 0.25) is 0 Å². The van der Waals surface area contributed by atoms with Crippen molar-refractivity contribution in [2.75, 3.05) is 0 Å². The zero-order valence-corrected chi connectivity index (χ0v) is 22.6. The Morgan fingerprint density at radius 3 is 1.76 bits per heavy atom. The fourth-order valence-corrected chi connectivity index (χ4v) is 7.18. The molecule has 2 atom stereocenters. The van der Waals surface area contributed by atoms with Gasteiger partial charge in [0.05, 0.1) is 5.41 Å². The van der Waals surface area contributed by atoms with Crippen molar-refractivity contribution in [2.45, 2.75) is 90.6 Å². The first-order valence-electron chi connectivity index (χ1n) is 13.8. The second-order valence-electron chi connectivity index (χ2n) is 10.0. The summed E-state index contributed by atoms with van der Waals surface area (Å²) < 4.78 is 0. The number of para-hydroxylation sites is 2. The van der Waals surface area contributed by atoms with Gasteiger partial charge in [-0.3, -0.25) is 0 Å². The summed E-state index contributed by atoms with van der Waals surface area (Å²) in [5.74, 6) is 0. The summed E-state index contributed by atoms with van der Waals surface area (Å²) in [6, 6.07) is 12.2. The van der Waals surface area contributed by atoms with Gasteiger partial charge in [0.1, 0.15) is 27.7 Å². The Bertz CT molecular complexity index is 1490. The van der Waals surface area contributed by atoms with Gasteiger partial charge in [0.25, 0.3) is 0 Å². The molecule has 3 N–H and O–H groups in total. The summed E-state index contributed by atoms with van der Waals surface area (Å²) in [6.45, 7) is 11.1. The molecule has 1 aliphatic rings. The highest BCUT2D eigenvalue weighted by Crippen LogP contribution is 2.62. The topological polar surface area (TPSA) is 103 Å². The first-order chi connectivity index (χ1) is 18.0. The predicted molar refractivity (Wildman–Crippen MR) is 148 cm³/mol. The van der Waals surface area contributed by atoms with Crippen LogP contribution in [0.15, 0.2) is 58.7 Å². The van der Waals surface area contributed by atoms with Crippen LogP contribution in [0.5, 0.6) is 0 Å². The molecular formula is C30H38N6O. The molecule has 0 saturated heterocycles. The Labute approximate surface area is 218 Å². The van der Waals surface area contributed by atoms with Gasteiger partial charge >= 0.3 is 0 Å². The first-order valence-corrected chi connectivity index (χ1v) is 13.8. The van der Waals surface area contributed by atoms with E-state index in [4.69, 9.17) is 0 Å². The lowest BCUT2D eigenvalue weighted by Crippen LogP contribution is -2.55. The SMILES string of the molecule is CCCCC1(c2cccc3n[nH]nc23)C(CC)=C(CC)C(CC)=C(CC)C1(O)c1cccc2n[nH]nc12. The van der Waals surface area contributed by atoms with E-state index in [9.17, 15) is 5.11 Å². The number of hydrogen-bond donors (Lipinski definition) is 3. The van der Waals surface area contributed by atoms with Crippen LogP contribution in [0.25, 0.3) is 22.1 Å². The van der Waals surface area contributed by atoms with Crippen LogP contribution < -0.4 is 0 Å². The molecule has 2 unspecified atom stereocenters. The van der Waals surface area contributed by atoms with Crippen molar-refractivity contribution in [1.29, 1.82) is 0 Å². The van der Waals surface area contributed by atoms with Gasteiger partial charge in [0, 0.05) is 5.56 Å². The van der Waals surface area contributed by atoms with Crippen molar-refractivity contribution < 1.29 is 5.11 Å². The lowest BCUT2D eigenvalue weighted by Gasteiger charge is -2.55. The van der Waals surface area contributed by atoms with Gasteiger partial charge in [-0.2, -0.15) is 30.8 Å². The molecule has 194 valence electrons. The maximum absolute atomic E-state index is 13.7. The lowest BCUT2D eigenvalue weighted by molar-refractivity contribution is -0.00725. The molecule has 5 rings (SSSR count). The molecule has 0 aliphatic heterocycles. The smallest absolute Gasteiger partial charge is 0.127 e. The minimum Gasteiger partial charge on any atom is -0.379 e. The standard InChI is InChI=1S/C30H38N6O/c1-6-11-18-29(23-14-12-16-25-27(23)33-35-31-25)21(9-4)19(7-2)20(8-3)22(10-5)30(29,37)24-15-13-17-26-28(24)34-36-32-26/h12-17,37H,6-11,18H2,1-5H3,(H,31,33,35)(H,32,34,36). The lowest BCUT2D eigenvalue weighted by atomic mass is 9.50. The van der Waals surface area contributed by atoms with E-state index in [1.54, 1.807) is 0 Å². The Hall–Kier alpha value is -3.32. The molecule has 0 saturated carbocycles. The van der Waals surface area contributed by atoms with Crippen LogP contribution in [-0.4, -0.2) is 35.9 Å². The van der Waals surface area contributed by atoms with Crippen LogP contribution in [0.3, 0.4) is 0 Å². The number of unbranched alkanes of at least 4 members (excludes halogenated alkanes) is 1. The number of fused-ring (bicyclic) bond motifs is 2. The summed E-state index contributed by atoms with van der Waals surface area (Å²) in [6.07, 6.45) is 6.12. The molecule has 37 heavy (non-hydrogen) atoms. The highest BCUT2D eigenvalue weighted by molar-refractivity contribution is 5.84. The minimum atomic E-state index is -1.34. The Morgan fingerprint density at radius 1 is 0.676 bits per heavy atom. The molecule has 7 nitrogen and oxygen atoms in total. The largest absolute Gasteiger partial charge is 0.379 e. The normalized spacial score (nSPS) is 22.5. The Balaban J connectivity index is 2.03. The number of allylic oxidation sites excluding steroid dienone is 2. The summed E-state index contributed by atoms with van der Waals surface area (Å²) in [5, 5.41) is 37.4. The highest BCUT2D eigenvalue weighted by atomic mass is 16.3. The summed E-state index contributed by atoms with van der Waals surface area (Å²) in [4.78, 5) is 0. The summed E-state index contributed by atoms with van der Waals surface area (Å²) in [5.41, 5.74) is 7.91. The molecule has 0 spiro atoms. The third-order valence-electron chi connectivity index (χ3n) is 8.53. The highest BCUT2D eigenvalue weighted by Gasteiger charge is 2.60. The van der Waals surface area contributed by atoms with Gasteiger partial charge in [-0.05, 0) is 66.5 Å². The van der Waals surface area contributed by atoms with Gasteiger partial charge < -0.3 is 5.11 Å². The maximum atomic E-state index is 13.7. The molecular weight excluding hydrogens is 460 g/mol. The molecule has 0 radical (unpaired) electrons. The van der Waals surface area contributed by atoms with E-state index in [2.05, 4.69) is 77.6 Å². The van der Waals surface area contributed by atoms with Crippen molar-refractivity contribution in [2.24, 2.45) is 0 Å². The van der Waals surface area contributed by atoms with Crippen molar-refractivity contribution in [1.82, 2.24) is 30.8 Å². The zero-order chi connectivity index (χ0) is 26.2. The van der Waals surface area contributed by atoms with E-state index < -0.39 is 11.0 Å². The molecule has 7 heteroatoms. The molecule has 2 heterocycles. The predicted octanol–water partition coefficient (Wildman–Crippen LogP) is 6.79. The van der Waals surface area contributed by atoms with Gasteiger partial charge in [0.15, 0.2) is 0 Å². The van der Waals surface area contributed by atoms with Gasteiger partial charge in [-0.25, -0.2) is 0 Å². The Kier molecular flexibility index (Phi) is 6.75. The van der Waals surface area contributed by atoms with E-state index in [0.717, 1.165) is 83.7 Å². The third kappa shape index (κ3) is 3.43. The van der Waals surface area contributed by atoms with E-state index in [0.29, 0.717) is 0 Å². The molecule has 1 aliphatic carbocycles. The zero-order valence-electron chi connectivity index (χ0n) is 22.6. The summed E-state index contributed by atoms with van der Waals surface area (Å²) in [7, 11) is 0. The molecule has 2 aromatic heterocycles. The van der Waals surface area contributed by atoms with Crippen molar-refractivity contribution in [3.63, 3.8) is 0 Å². The first kappa shape index (κ1) is 25.3. The second-order valence-corrected chi connectivity index (χ2v) is 10.0. The Morgan fingerprint density at radius 2 is 1.22 bits per heavy atom. The van der Waals surface area contributed by atoms with Gasteiger partial charge in [-0.1, -0.05) is 77.3 Å². The number of hydrogen-bond acceptors (Lipinski definition) is 5. The van der Waals surface area contributed by atoms with E-state index in [-0.39, 0.29) is 0 Å². The number of aromatic amines is 2. The van der Waals surface area contributed by atoms with Crippen LogP contribution in [0.2, 0.25) is 0 Å². The third-order valence-corrected chi connectivity index (χ3v) is 8.53. The van der Waals surface area contributed by atoms with Crippen molar-refractivity contribution >= 4 is 22.1 Å². The van der Waals surface area contributed by atoms with Crippen molar-refractivity contribution in [3.8, 4) is 0 Å². The number of aliphatic hydroxyl groups is 1. The number of rotatable bonds is 9. The van der Waals surface area contributed by atoms with E-state index in [1.165, 1.54) is 16.7 Å². The number of nitrogens with zero attached hydrogens (tertiary/aromatic N) is 4. The monoisotopic (exact) mass is 498 g/mol.